The SMILES string of the molecule is O=C(O)c1c(Cl)cccc1-c1cc(-c2cccc(Cl)c2)c(-c2ccccc2)c(-c2ccccc2)c1-c1ccccc1. The normalized spacial score (nSPS) is 10.9. The molecule has 0 saturated carbocycles. The molecule has 0 fully saturated rings. The second-order valence-electron chi connectivity index (χ2n) is 9.67. The van der Waals surface area contributed by atoms with Gasteiger partial charge in [0.2, 0.25) is 0 Å². The molecule has 2 nitrogen and oxygen atoms in total. The Hall–Kier alpha value is -4.63. The molecular weight excluding hydrogens is 547 g/mol. The Balaban J connectivity index is 1.89. The topological polar surface area (TPSA) is 37.3 Å². The van der Waals surface area contributed by atoms with Gasteiger partial charge in [-0.3, -0.25) is 0 Å². The average Bonchev–Trinajstić information content (AvgIpc) is 3.01. The van der Waals surface area contributed by atoms with Gasteiger partial charge in [0.1, 0.15) is 0 Å². The van der Waals surface area contributed by atoms with Crippen molar-refractivity contribution < 1.29 is 9.90 Å². The van der Waals surface area contributed by atoms with Crippen molar-refractivity contribution in [3.05, 3.63) is 155 Å². The molecule has 0 atom stereocenters. The molecule has 41 heavy (non-hydrogen) atoms. The Bertz CT molecular complexity index is 1870. The van der Waals surface area contributed by atoms with Crippen LogP contribution in [-0.4, -0.2) is 11.1 Å². The number of hydrogen-bond acceptors (Lipinski definition) is 1. The summed E-state index contributed by atoms with van der Waals surface area (Å²) in [6, 6.07) is 45.7. The van der Waals surface area contributed by atoms with E-state index in [0.717, 1.165) is 50.1 Å². The van der Waals surface area contributed by atoms with E-state index in [2.05, 4.69) is 42.5 Å². The van der Waals surface area contributed by atoms with Crippen LogP contribution in [0.1, 0.15) is 10.4 Å². The van der Waals surface area contributed by atoms with E-state index in [1.807, 2.05) is 84.9 Å². The fourth-order valence-electron chi connectivity index (χ4n) is 5.45. The van der Waals surface area contributed by atoms with Gasteiger partial charge >= 0.3 is 5.97 Å². The molecular formula is C37H24Cl2O2. The highest BCUT2D eigenvalue weighted by Gasteiger charge is 2.26. The summed E-state index contributed by atoms with van der Waals surface area (Å²) in [7, 11) is 0. The minimum Gasteiger partial charge on any atom is -0.478 e. The number of hydrogen-bond donors (Lipinski definition) is 1. The maximum Gasteiger partial charge on any atom is 0.337 e. The number of rotatable bonds is 6. The van der Waals surface area contributed by atoms with Crippen molar-refractivity contribution in [2.75, 3.05) is 0 Å². The molecule has 0 aliphatic carbocycles. The summed E-state index contributed by atoms with van der Waals surface area (Å²) in [6.45, 7) is 0. The molecule has 0 amide bonds. The first-order chi connectivity index (χ1) is 20.0. The maximum absolute atomic E-state index is 12.6. The molecule has 0 aliphatic heterocycles. The first kappa shape index (κ1) is 26.6. The van der Waals surface area contributed by atoms with Crippen molar-refractivity contribution in [2.45, 2.75) is 0 Å². The first-order valence-corrected chi connectivity index (χ1v) is 13.9. The Morgan fingerprint density at radius 2 is 0.951 bits per heavy atom. The fourth-order valence-corrected chi connectivity index (χ4v) is 5.89. The van der Waals surface area contributed by atoms with Gasteiger partial charge in [-0.15, -0.1) is 0 Å². The van der Waals surface area contributed by atoms with Crippen molar-refractivity contribution in [2.24, 2.45) is 0 Å². The van der Waals surface area contributed by atoms with Crippen LogP contribution < -0.4 is 0 Å². The number of carboxylic acids is 1. The van der Waals surface area contributed by atoms with Crippen molar-refractivity contribution in [3.63, 3.8) is 0 Å². The van der Waals surface area contributed by atoms with Crippen LogP contribution in [0.3, 0.4) is 0 Å². The van der Waals surface area contributed by atoms with Crippen LogP contribution in [0.15, 0.2) is 140 Å². The Morgan fingerprint density at radius 1 is 0.463 bits per heavy atom. The number of benzene rings is 6. The largest absolute Gasteiger partial charge is 0.478 e. The summed E-state index contributed by atoms with van der Waals surface area (Å²) in [6.07, 6.45) is 0. The number of carbonyl (C=O) groups is 1. The molecule has 4 heteroatoms. The second kappa shape index (κ2) is 11.5. The zero-order chi connectivity index (χ0) is 28.3. The molecule has 0 saturated heterocycles. The van der Waals surface area contributed by atoms with Gasteiger partial charge in [-0.2, -0.15) is 0 Å². The molecule has 0 spiro atoms. The van der Waals surface area contributed by atoms with Crippen LogP contribution in [0.25, 0.3) is 55.6 Å². The number of halogens is 2. The van der Waals surface area contributed by atoms with Crippen LogP contribution in [-0.2, 0) is 0 Å². The standard InChI is InChI=1S/C37H24Cl2O2/c38-28-19-10-18-27(22-28)30-23-31(29-20-11-21-32(39)36(29)37(40)41)34(25-14-6-2-7-15-25)35(26-16-8-3-9-17-26)33(30)24-12-4-1-5-13-24/h1-23H,(H,40,41). The molecule has 198 valence electrons. The predicted molar refractivity (Wildman–Crippen MR) is 171 cm³/mol. The van der Waals surface area contributed by atoms with Gasteiger partial charge in [0.15, 0.2) is 0 Å². The molecule has 0 unspecified atom stereocenters. The third-order valence-corrected chi connectivity index (χ3v) is 7.72. The fraction of sp³-hybridized carbons (Fsp3) is 0. The monoisotopic (exact) mass is 570 g/mol. The summed E-state index contributed by atoms with van der Waals surface area (Å²) in [5.41, 5.74) is 9.19. The van der Waals surface area contributed by atoms with Crippen LogP contribution in [0, 0.1) is 0 Å². The molecule has 0 bridgehead atoms. The van der Waals surface area contributed by atoms with Gasteiger partial charge in [-0.1, -0.05) is 138 Å². The lowest BCUT2D eigenvalue weighted by molar-refractivity contribution is 0.0698. The second-order valence-corrected chi connectivity index (χ2v) is 10.5. The van der Waals surface area contributed by atoms with Gasteiger partial charge in [-0.25, -0.2) is 4.79 Å². The van der Waals surface area contributed by atoms with E-state index in [-0.39, 0.29) is 10.6 Å². The lowest BCUT2D eigenvalue weighted by atomic mass is 9.78. The van der Waals surface area contributed by atoms with Gasteiger partial charge in [0.25, 0.3) is 0 Å². The molecule has 0 radical (unpaired) electrons. The minimum absolute atomic E-state index is 0.0647. The number of carboxylic acid groups (broad SMARTS) is 1. The highest BCUT2D eigenvalue weighted by atomic mass is 35.5. The van der Waals surface area contributed by atoms with E-state index < -0.39 is 5.97 Å². The average molecular weight is 572 g/mol. The zero-order valence-electron chi connectivity index (χ0n) is 21.9. The van der Waals surface area contributed by atoms with Crippen molar-refractivity contribution in [1.29, 1.82) is 0 Å². The molecule has 6 aromatic rings. The van der Waals surface area contributed by atoms with Crippen molar-refractivity contribution in [1.82, 2.24) is 0 Å². The van der Waals surface area contributed by atoms with E-state index >= 15 is 0 Å². The van der Waals surface area contributed by atoms with Crippen LogP contribution in [0.4, 0.5) is 0 Å². The summed E-state index contributed by atoms with van der Waals surface area (Å²) >= 11 is 13.1. The number of aromatic carboxylic acids is 1. The third-order valence-electron chi connectivity index (χ3n) is 7.17. The lowest BCUT2D eigenvalue weighted by Crippen LogP contribution is -2.03. The molecule has 0 heterocycles. The summed E-state index contributed by atoms with van der Waals surface area (Å²) in [4.78, 5) is 12.6. The van der Waals surface area contributed by atoms with Gasteiger partial charge in [0.05, 0.1) is 10.6 Å². The van der Waals surface area contributed by atoms with E-state index in [9.17, 15) is 9.90 Å². The van der Waals surface area contributed by atoms with Crippen LogP contribution >= 0.6 is 23.2 Å². The molecule has 0 aliphatic rings. The van der Waals surface area contributed by atoms with E-state index in [4.69, 9.17) is 23.2 Å². The molecule has 0 aromatic heterocycles. The highest BCUT2D eigenvalue weighted by molar-refractivity contribution is 6.34. The maximum atomic E-state index is 12.6. The van der Waals surface area contributed by atoms with E-state index in [1.54, 1.807) is 12.1 Å². The predicted octanol–water partition coefficient (Wildman–Crippen LogP) is 11.0. The van der Waals surface area contributed by atoms with Gasteiger partial charge in [-0.05, 0) is 79.9 Å². The summed E-state index contributed by atoms with van der Waals surface area (Å²) in [5, 5.41) is 11.1. The minimum atomic E-state index is -1.08. The van der Waals surface area contributed by atoms with Crippen LogP contribution in [0.5, 0.6) is 0 Å². The highest BCUT2D eigenvalue weighted by Crippen LogP contribution is 2.51. The quantitative estimate of drug-likeness (QED) is 0.216. The zero-order valence-corrected chi connectivity index (χ0v) is 23.4. The Morgan fingerprint density at radius 3 is 1.49 bits per heavy atom. The third kappa shape index (κ3) is 5.16. The summed E-state index contributed by atoms with van der Waals surface area (Å²) in [5.74, 6) is -1.08. The Labute approximate surface area is 249 Å². The molecule has 1 N–H and O–H groups in total. The molecule has 6 rings (SSSR count). The van der Waals surface area contributed by atoms with Crippen molar-refractivity contribution in [3.8, 4) is 55.6 Å². The van der Waals surface area contributed by atoms with Gasteiger partial charge in [0, 0.05) is 5.02 Å². The smallest absolute Gasteiger partial charge is 0.337 e. The van der Waals surface area contributed by atoms with Crippen LogP contribution in [0.2, 0.25) is 10.0 Å². The van der Waals surface area contributed by atoms with Gasteiger partial charge < -0.3 is 5.11 Å². The van der Waals surface area contributed by atoms with E-state index in [0.29, 0.717) is 10.6 Å². The van der Waals surface area contributed by atoms with Crippen molar-refractivity contribution >= 4 is 29.2 Å². The first-order valence-electron chi connectivity index (χ1n) is 13.2. The van der Waals surface area contributed by atoms with E-state index in [1.165, 1.54) is 0 Å². The Kier molecular flexibility index (Phi) is 7.43. The molecule has 6 aromatic carbocycles. The summed E-state index contributed by atoms with van der Waals surface area (Å²) < 4.78 is 0. The lowest BCUT2D eigenvalue weighted by Gasteiger charge is -2.25.